The minimum atomic E-state index is -1.07. The van der Waals surface area contributed by atoms with Crippen LogP contribution in [-0.2, 0) is 18.1 Å². The second-order valence-corrected chi connectivity index (χ2v) is 7.62. The number of rotatable bonds is 7. The molecule has 1 aromatic carbocycles. The van der Waals surface area contributed by atoms with Crippen molar-refractivity contribution in [1.29, 1.82) is 0 Å². The molecule has 0 aliphatic heterocycles. The van der Waals surface area contributed by atoms with Crippen LogP contribution in [0.25, 0.3) is 0 Å². The van der Waals surface area contributed by atoms with Crippen molar-refractivity contribution in [1.82, 2.24) is 20.4 Å². The van der Waals surface area contributed by atoms with Crippen LogP contribution in [0.2, 0.25) is 0 Å². The lowest BCUT2D eigenvalue weighted by atomic mass is 9.85. The van der Waals surface area contributed by atoms with E-state index in [9.17, 15) is 9.50 Å². The van der Waals surface area contributed by atoms with E-state index in [-0.39, 0.29) is 11.2 Å². The zero-order valence-electron chi connectivity index (χ0n) is 16.8. The lowest BCUT2D eigenvalue weighted by molar-refractivity contribution is 0.0616. The van der Waals surface area contributed by atoms with Gasteiger partial charge in [0.1, 0.15) is 11.4 Å². The summed E-state index contributed by atoms with van der Waals surface area (Å²) in [7, 11) is 1.82. The highest BCUT2D eigenvalue weighted by molar-refractivity contribution is 5.79. The van der Waals surface area contributed by atoms with Crippen LogP contribution in [0.5, 0.6) is 0 Å². The van der Waals surface area contributed by atoms with Gasteiger partial charge in [0.15, 0.2) is 5.96 Å². The first kappa shape index (κ1) is 20.9. The monoisotopic (exact) mass is 375 g/mol. The van der Waals surface area contributed by atoms with E-state index in [1.54, 1.807) is 36.1 Å². The van der Waals surface area contributed by atoms with Crippen molar-refractivity contribution < 1.29 is 9.50 Å². The summed E-state index contributed by atoms with van der Waals surface area (Å²) in [5.74, 6) is 0.377. The Morgan fingerprint density at radius 1 is 1.19 bits per heavy atom. The molecule has 6 nitrogen and oxygen atoms in total. The van der Waals surface area contributed by atoms with E-state index in [0.717, 1.165) is 11.1 Å². The molecule has 3 N–H and O–H groups in total. The van der Waals surface area contributed by atoms with Gasteiger partial charge in [-0.3, -0.25) is 9.67 Å². The highest BCUT2D eigenvalue weighted by Crippen LogP contribution is 2.24. The predicted molar refractivity (Wildman–Crippen MR) is 106 cm³/mol. The Morgan fingerprint density at radius 3 is 2.41 bits per heavy atom. The Hall–Kier alpha value is -2.41. The summed E-state index contributed by atoms with van der Waals surface area (Å²) in [4.78, 5) is 4.65. The number of hydrogen-bond acceptors (Lipinski definition) is 3. The van der Waals surface area contributed by atoms with E-state index in [0.29, 0.717) is 25.6 Å². The van der Waals surface area contributed by atoms with Gasteiger partial charge in [-0.05, 0) is 31.5 Å². The molecule has 0 radical (unpaired) electrons. The van der Waals surface area contributed by atoms with Crippen molar-refractivity contribution in [3.05, 3.63) is 53.6 Å². The summed E-state index contributed by atoms with van der Waals surface area (Å²) in [6.07, 6.45) is 3.45. The Morgan fingerprint density at radius 2 is 1.85 bits per heavy atom. The molecule has 2 aromatic rings. The number of nitrogens with zero attached hydrogens (tertiary/aromatic N) is 3. The van der Waals surface area contributed by atoms with Crippen LogP contribution in [0, 0.1) is 5.82 Å². The molecule has 0 bridgehead atoms. The number of aliphatic hydroxyl groups is 1. The van der Waals surface area contributed by atoms with Crippen LogP contribution in [0.15, 0.2) is 41.7 Å². The average molecular weight is 375 g/mol. The van der Waals surface area contributed by atoms with E-state index in [2.05, 4.69) is 34.6 Å². The van der Waals surface area contributed by atoms with E-state index < -0.39 is 5.60 Å². The summed E-state index contributed by atoms with van der Waals surface area (Å²) in [5, 5.41) is 21.2. The standard InChI is InChI=1S/C20H30FN5O/c1-6-22-18(24-14-20(4,27)16-11-25-26(5)12-16)23-13-19(2,3)15-7-9-17(21)10-8-15/h7-12,27H,6,13-14H2,1-5H3,(H2,22,23,24). The average Bonchev–Trinajstić information content (AvgIpc) is 3.05. The van der Waals surface area contributed by atoms with Gasteiger partial charge >= 0.3 is 0 Å². The number of aliphatic imine (C=N–C) groups is 1. The zero-order valence-corrected chi connectivity index (χ0v) is 16.8. The maximum absolute atomic E-state index is 13.2. The SMILES string of the molecule is CCNC(=NCC(C)(C)c1ccc(F)cc1)NCC(C)(O)c1cnn(C)c1. The first-order valence-corrected chi connectivity index (χ1v) is 9.14. The molecule has 7 heteroatoms. The van der Waals surface area contributed by atoms with E-state index in [1.165, 1.54) is 12.1 Å². The van der Waals surface area contributed by atoms with Crippen molar-refractivity contribution in [3.63, 3.8) is 0 Å². The molecule has 2 rings (SSSR count). The van der Waals surface area contributed by atoms with Crippen molar-refractivity contribution in [2.75, 3.05) is 19.6 Å². The Bertz CT molecular complexity index is 765. The third kappa shape index (κ3) is 5.79. The lowest BCUT2D eigenvalue weighted by Crippen LogP contribution is -2.45. The molecule has 0 saturated heterocycles. The van der Waals surface area contributed by atoms with Gasteiger partial charge in [0.05, 0.1) is 19.3 Å². The van der Waals surface area contributed by atoms with Gasteiger partial charge in [-0.2, -0.15) is 5.10 Å². The first-order valence-electron chi connectivity index (χ1n) is 9.14. The molecule has 27 heavy (non-hydrogen) atoms. The van der Waals surface area contributed by atoms with Gasteiger partial charge in [0.2, 0.25) is 0 Å². The second kappa shape index (κ2) is 8.52. The van der Waals surface area contributed by atoms with Gasteiger partial charge in [0, 0.05) is 30.8 Å². The van der Waals surface area contributed by atoms with Crippen LogP contribution in [-0.4, -0.2) is 40.5 Å². The number of benzene rings is 1. The molecular formula is C20H30FN5O. The van der Waals surface area contributed by atoms with Crippen LogP contribution in [0.4, 0.5) is 4.39 Å². The topological polar surface area (TPSA) is 74.5 Å². The van der Waals surface area contributed by atoms with Gasteiger partial charge in [-0.15, -0.1) is 0 Å². The molecular weight excluding hydrogens is 345 g/mol. The highest BCUT2D eigenvalue weighted by atomic mass is 19.1. The number of aromatic nitrogens is 2. The van der Waals surface area contributed by atoms with Gasteiger partial charge < -0.3 is 15.7 Å². The number of hydrogen-bond donors (Lipinski definition) is 3. The summed E-state index contributed by atoms with van der Waals surface area (Å²) in [5.41, 5.74) is 0.435. The van der Waals surface area contributed by atoms with E-state index >= 15 is 0 Å². The molecule has 0 spiro atoms. The molecule has 1 unspecified atom stereocenters. The highest BCUT2D eigenvalue weighted by Gasteiger charge is 2.25. The molecule has 0 aliphatic carbocycles. The fourth-order valence-corrected chi connectivity index (χ4v) is 2.67. The van der Waals surface area contributed by atoms with Crippen molar-refractivity contribution in [2.45, 2.75) is 38.7 Å². The van der Waals surface area contributed by atoms with Crippen LogP contribution in [0.1, 0.15) is 38.8 Å². The zero-order chi connectivity index (χ0) is 20.1. The molecule has 148 valence electrons. The molecule has 0 saturated carbocycles. The fourth-order valence-electron chi connectivity index (χ4n) is 2.67. The number of halogens is 1. The first-order chi connectivity index (χ1) is 12.6. The Kier molecular flexibility index (Phi) is 6.59. The number of guanidine groups is 1. The summed E-state index contributed by atoms with van der Waals surface area (Å²) in [6.45, 7) is 9.38. The number of nitrogens with one attached hydrogen (secondary N) is 2. The van der Waals surface area contributed by atoms with E-state index in [1.807, 2.05) is 14.0 Å². The molecule has 1 atom stereocenters. The number of aryl methyl sites for hydroxylation is 1. The van der Waals surface area contributed by atoms with Gasteiger partial charge in [-0.1, -0.05) is 26.0 Å². The Balaban J connectivity index is 2.06. The molecule has 0 amide bonds. The summed E-state index contributed by atoms with van der Waals surface area (Å²) in [6, 6.07) is 6.52. The van der Waals surface area contributed by atoms with Crippen LogP contribution in [0.3, 0.4) is 0 Å². The normalized spacial score (nSPS) is 14.7. The smallest absolute Gasteiger partial charge is 0.191 e. The van der Waals surface area contributed by atoms with Crippen molar-refractivity contribution >= 4 is 5.96 Å². The predicted octanol–water partition coefficient (Wildman–Crippen LogP) is 2.30. The molecule has 0 aliphatic rings. The maximum Gasteiger partial charge on any atom is 0.191 e. The summed E-state index contributed by atoms with van der Waals surface area (Å²) >= 11 is 0. The van der Waals surface area contributed by atoms with Crippen LogP contribution >= 0.6 is 0 Å². The second-order valence-electron chi connectivity index (χ2n) is 7.62. The minimum Gasteiger partial charge on any atom is -0.383 e. The molecule has 0 fully saturated rings. The van der Waals surface area contributed by atoms with Crippen molar-refractivity contribution in [3.8, 4) is 0 Å². The van der Waals surface area contributed by atoms with Gasteiger partial charge in [-0.25, -0.2) is 4.39 Å². The Labute approximate surface area is 160 Å². The minimum absolute atomic E-state index is 0.245. The third-order valence-electron chi connectivity index (χ3n) is 4.53. The lowest BCUT2D eigenvalue weighted by Gasteiger charge is -2.26. The van der Waals surface area contributed by atoms with Crippen molar-refractivity contribution in [2.24, 2.45) is 12.0 Å². The van der Waals surface area contributed by atoms with E-state index in [4.69, 9.17) is 0 Å². The molecule has 1 aromatic heterocycles. The summed E-state index contributed by atoms with van der Waals surface area (Å²) < 4.78 is 14.8. The van der Waals surface area contributed by atoms with Gasteiger partial charge in [0.25, 0.3) is 0 Å². The molecule has 1 heterocycles. The largest absolute Gasteiger partial charge is 0.383 e. The third-order valence-corrected chi connectivity index (χ3v) is 4.53. The van der Waals surface area contributed by atoms with Crippen LogP contribution < -0.4 is 10.6 Å². The fraction of sp³-hybridized carbons (Fsp3) is 0.500. The quantitative estimate of drug-likeness (QED) is 0.513. The maximum atomic E-state index is 13.2.